The van der Waals surface area contributed by atoms with Crippen LogP contribution in [0.5, 0.6) is 17.2 Å². The van der Waals surface area contributed by atoms with Crippen LogP contribution >= 0.6 is 0 Å². The highest BCUT2D eigenvalue weighted by Crippen LogP contribution is 2.41. The smallest absolute Gasteiger partial charge is 0.255 e. The molecule has 0 fully saturated rings. The first-order chi connectivity index (χ1) is 15.7. The van der Waals surface area contributed by atoms with Crippen molar-refractivity contribution in [3.8, 4) is 17.2 Å². The number of aromatic nitrogens is 4. The number of nitrogens with zero attached hydrogens (tertiary/aromatic N) is 3. The Morgan fingerprint density at radius 2 is 2.00 bits per heavy atom. The number of para-hydroxylation sites is 1. The van der Waals surface area contributed by atoms with Crippen molar-refractivity contribution in [3.05, 3.63) is 53.9 Å². The van der Waals surface area contributed by atoms with Gasteiger partial charge in [-0.15, -0.1) is 10.2 Å². The van der Waals surface area contributed by atoms with E-state index in [9.17, 15) is 4.79 Å². The van der Waals surface area contributed by atoms with E-state index in [1.165, 1.54) is 25.7 Å². The molecule has 0 aliphatic carbocycles. The lowest BCUT2D eigenvalue weighted by Crippen LogP contribution is -2.24. The summed E-state index contributed by atoms with van der Waals surface area (Å²) in [5.41, 5.74) is 1.03. The lowest BCUT2D eigenvalue weighted by molar-refractivity contribution is 0.0856. The van der Waals surface area contributed by atoms with Crippen molar-refractivity contribution in [2.75, 3.05) is 18.5 Å². The lowest BCUT2D eigenvalue weighted by Gasteiger charge is -2.26. The summed E-state index contributed by atoms with van der Waals surface area (Å²) in [6.45, 7) is 3.14. The lowest BCUT2D eigenvalue weighted by atomic mass is 10.1. The Hall–Kier alpha value is -3.62. The number of carbonyl (C=O) groups is 1. The van der Waals surface area contributed by atoms with Crippen LogP contribution in [0.2, 0.25) is 0 Å². The number of fused-ring (bicyclic) bond motifs is 1. The molecular weight excluding hydrogens is 410 g/mol. The maximum Gasteiger partial charge on any atom is 0.255 e. The molecule has 1 amide bonds. The zero-order chi connectivity index (χ0) is 22.2. The van der Waals surface area contributed by atoms with Gasteiger partial charge >= 0.3 is 0 Å². The van der Waals surface area contributed by atoms with Crippen molar-refractivity contribution >= 4 is 11.6 Å². The standard InChI is InChI=1S/C23H27N5O4/c1-2-3-4-5-6-14-30-17-12-10-16(11-13-17)23(29)24-18-8-7-9-19-21(18)32-20(15-31-19)22-25-27-28-26-22/h7-13,20H,2-6,14-15H2,1H3,(H,24,29)(H,25,26,27,28). The van der Waals surface area contributed by atoms with E-state index >= 15 is 0 Å². The van der Waals surface area contributed by atoms with Crippen LogP contribution in [-0.4, -0.2) is 39.7 Å². The fraction of sp³-hybridized carbons (Fsp3) is 0.391. The number of tetrazole rings is 1. The highest BCUT2D eigenvalue weighted by Gasteiger charge is 2.28. The number of H-pyrrole nitrogens is 1. The van der Waals surface area contributed by atoms with E-state index in [-0.39, 0.29) is 12.5 Å². The molecule has 2 N–H and O–H groups in total. The van der Waals surface area contributed by atoms with Gasteiger partial charge in [0.15, 0.2) is 17.6 Å². The largest absolute Gasteiger partial charge is 0.494 e. The fourth-order valence-electron chi connectivity index (χ4n) is 3.42. The molecule has 4 rings (SSSR count). The molecule has 2 aromatic carbocycles. The molecule has 1 atom stereocenters. The second kappa shape index (κ2) is 10.6. The number of hydrogen-bond donors (Lipinski definition) is 2. The van der Waals surface area contributed by atoms with Crippen LogP contribution in [0.25, 0.3) is 0 Å². The highest BCUT2D eigenvalue weighted by molar-refractivity contribution is 6.05. The van der Waals surface area contributed by atoms with Crippen molar-refractivity contribution in [1.82, 2.24) is 20.6 Å². The monoisotopic (exact) mass is 437 g/mol. The molecule has 3 aromatic rings. The Kier molecular flexibility index (Phi) is 7.16. The number of benzene rings is 2. The summed E-state index contributed by atoms with van der Waals surface area (Å²) in [6, 6.07) is 12.5. The molecule has 1 aromatic heterocycles. The number of unbranched alkanes of at least 4 members (excludes halogenated alkanes) is 4. The van der Waals surface area contributed by atoms with E-state index < -0.39 is 6.10 Å². The summed E-state index contributed by atoms with van der Waals surface area (Å²) in [7, 11) is 0. The van der Waals surface area contributed by atoms with Gasteiger partial charge in [-0.2, -0.15) is 5.21 Å². The van der Waals surface area contributed by atoms with Crippen LogP contribution in [0.1, 0.15) is 61.3 Å². The Bertz CT molecular complexity index is 1010. The minimum absolute atomic E-state index is 0.254. The van der Waals surface area contributed by atoms with Crippen LogP contribution in [0.4, 0.5) is 5.69 Å². The molecule has 0 saturated carbocycles. The van der Waals surface area contributed by atoms with Gasteiger partial charge in [0.25, 0.3) is 5.91 Å². The Balaban J connectivity index is 1.35. The molecular formula is C23H27N5O4. The maximum absolute atomic E-state index is 12.8. The van der Waals surface area contributed by atoms with Crippen LogP contribution in [0.15, 0.2) is 42.5 Å². The van der Waals surface area contributed by atoms with Gasteiger partial charge in [0.2, 0.25) is 5.82 Å². The molecule has 2 heterocycles. The summed E-state index contributed by atoms with van der Waals surface area (Å²) in [5, 5.41) is 16.7. The van der Waals surface area contributed by atoms with Crippen molar-refractivity contribution in [1.29, 1.82) is 0 Å². The van der Waals surface area contributed by atoms with E-state index in [2.05, 4.69) is 32.9 Å². The summed E-state index contributed by atoms with van der Waals surface area (Å²) >= 11 is 0. The molecule has 32 heavy (non-hydrogen) atoms. The van der Waals surface area contributed by atoms with Gasteiger partial charge in [-0.1, -0.05) is 43.9 Å². The number of amides is 1. The molecule has 0 radical (unpaired) electrons. The third-order valence-corrected chi connectivity index (χ3v) is 5.16. The molecule has 0 spiro atoms. The Morgan fingerprint density at radius 3 is 2.78 bits per heavy atom. The first kappa shape index (κ1) is 21.6. The average molecular weight is 438 g/mol. The molecule has 168 valence electrons. The minimum atomic E-state index is -0.516. The predicted octanol–water partition coefficient (Wildman–Crippen LogP) is 4.31. The zero-order valence-electron chi connectivity index (χ0n) is 18.0. The zero-order valence-corrected chi connectivity index (χ0v) is 18.0. The molecule has 1 aliphatic rings. The number of anilines is 1. The quantitative estimate of drug-likeness (QED) is 0.455. The van der Waals surface area contributed by atoms with Crippen molar-refractivity contribution in [2.24, 2.45) is 0 Å². The van der Waals surface area contributed by atoms with E-state index in [1.54, 1.807) is 30.3 Å². The van der Waals surface area contributed by atoms with Crippen molar-refractivity contribution in [2.45, 2.75) is 45.1 Å². The third-order valence-electron chi connectivity index (χ3n) is 5.16. The van der Waals surface area contributed by atoms with E-state index in [4.69, 9.17) is 14.2 Å². The van der Waals surface area contributed by atoms with E-state index in [1.807, 2.05) is 12.1 Å². The third kappa shape index (κ3) is 5.35. The summed E-state index contributed by atoms with van der Waals surface area (Å²) in [4.78, 5) is 12.8. The molecule has 0 bridgehead atoms. The van der Waals surface area contributed by atoms with Gasteiger partial charge in [-0.05, 0) is 42.8 Å². The van der Waals surface area contributed by atoms with Gasteiger partial charge in [0.05, 0.1) is 12.3 Å². The normalized spacial score (nSPS) is 14.7. The average Bonchev–Trinajstić information content (AvgIpc) is 3.37. The number of aromatic amines is 1. The van der Waals surface area contributed by atoms with Gasteiger partial charge in [-0.3, -0.25) is 4.79 Å². The summed E-state index contributed by atoms with van der Waals surface area (Å²) < 4.78 is 17.5. The summed E-state index contributed by atoms with van der Waals surface area (Å²) in [6.07, 6.45) is 5.44. The second-order valence-corrected chi connectivity index (χ2v) is 7.56. The minimum Gasteiger partial charge on any atom is -0.494 e. The SMILES string of the molecule is CCCCCCCOc1ccc(C(=O)Nc2cccc3c2OC(c2nn[nH]n2)CO3)cc1. The topological polar surface area (TPSA) is 111 Å². The molecule has 0 saturated heterocycles. The summed E-state index contributed by atoms with van der Waals surface area (Å²) in [5.74, 6) is 1.87. The van der Waals surface area contributed by atoms with Gasteiger partial charge in [-0.25, -0.2) is 0 Å². The first-order valence-corrected chi connectivity index (χ1v) is 10.9. The number of carbonyl (C=O) groups excluding carboxylic acids is 1. The first-order valence-electron chi connectivity index (χ1n) is 10.9. The van der Waals surface area contributed by atoms with Gasteiger partial charge < -0.3 is 19.5 Å². The van der Waals surface area contributed by atoms with Crippen LogP contribution in [0, 0.1) is 0 Å². The number of rotatable bonds is 10. The number of hydrogen-bond acceptors (Lipinski definition) is 7. The molecule has 1 unspecified atom stereocenters. The molecule has 1 aliphatic heterocycles. The van der Waals surface area contributed by atoms with E-state index in [0.717, 1.165) is 12.2 Å². The van der Waals surface area contributed by atoms with Gasteiger partial charge in [0, 0.05) is 5.56 Å². The predicted molar refractivity (Wildman–Crippen MR) is 118 cm³/mol. The maximum atomic E-state index is 12.8. The van der Waals surface area contributed by atoms with Crippen LogP contribution < -0.4 is 19.5 Å². The van der Waals surface area contributed by atoms with Gasteiger partial charge in [0.1, 0.15) is 12.4 Å². The highest BCUT2D eigenvalue weighted by atomic mass is 16.6. The molecule has 9 nitrogen and oxygen atoms in total. The fourth-order valence-corrected chi connectivity index (χ4v) is 3.42. The second-order valence-electron chi connectivity index (χ2n) is 7.56. The Morgan fingerprint density at radius 1 is 1.16 bits per heavy atom. The van der Waals surface area contributed by atoms with Crippen LogP contribution in [-0.2, 0) is 0 Å². The van der Waals surface area contributed by atoms with Crippen molar-refractivity contribution in [3.63, 3.8) is 0 Å². The number of nitrogens with one attached hydrogen (secondary N) is 2. The van der Waals surface area contributed by atoms with Crippen molar-refractivity contribution < 1.29 is 19.0 Å². The van der Waals surface area contributed by atoms with Crippen LogP contribution in [0.3, 0.4) is 0 Å². The number of ether oxygens (including phenoxy) is 3. The Labute approximate surface area is 186 Å². The molecule has 9 heteroatoms. The van der Waals surface area contributed by atoms with E-state index in [0.29, 0.717) is 35.2 Å².